The quantitative estimate of drug-likeness (QED) is 0.357. The van der Waals surface area contributed by atoms with Crippen LogP contribution in [0.25, 0.3) is 0 Å². The van der Waals surface area contributed by atoms with Crippen molar-refractivity contribution in [1.82, 2.24) is 0 Å². The molecule has 0 saturated carbocycles. The van der Waals surface area contributed by atoms with Crippen LogP contribution in [-0.2, 0) is 0 Å². The third-order valence-electron chi connectivity index (χ3n) is 2.55. The van der Waals surface area contributed by atoms with Crippen LogP contribution in [0, 0.1) is 23.3 Å². The number of alkyl halides is 1. The molecule has 0 amide bonds. The van der Waals surface area contributed by atoms with E-state index in [9.17, 15) is 17.6 Å². The first-order valence-electron chi connectivity index (χ1n) is 5.13. The largest absolute Gasteiger partial charge is 0.207 e. The maximum atomic E-state index is 13.6. The molecule has 0 fully saturated rings. The molecule has 100 valence electrons. The predicted octanol–water partition coefficient (Wildman–Crippen LogP) is 5.49. The minimum absolute atomic E-state index is 0.0966. The first-order chi connectivity index (χ1) is 8.90. The fourth-order valence-electron chi connectivity index (χ4n) is 1.58. The third kappa shape index (κ3) is 3.00. The van der Waals surface area contributed by atoms with Gasteiger partial charge in [-0.15, -0.1) is 0 Å². The molecule has 2 aromatic carbocycles. The maximum absolute atomic E-state index is 13.6. The van der Waals surface area contributed by atoms with Crippen LogP contribution in [0.15, 0.2) is 34.8 Å². The highest BCUT2D eigenvalue weighted by atomic mass is 79.9. The number of benzene rings is 2. The van der Waals surface area contributed by atoms with Crippen molar-refractivity contribution in [3.63, 3.8) is 0 Å². The molecule has 19 heavy (non-hydrogen) atoms. The summed E-state index contributed by atoms with van der Waals surface area (Å²) in [6, 6.07) is 5.41. The second-order valence-electron chi connectivity index (χ2n) is 3.82. The highest BCUT2D eigenvalue weighted by molar-refractivity contribution is 9.10. The molecule has 0 bridgehead atoms. The van der Waals surface area contributed by atoms with E-state index in [0.717, 1.165) is 6.07 Å². The molecule has 1 atom stereocenters. The van der Waals surface area contributed by atoms with Crippen molar-refractivity contribution < 1.29 is 17.6 Å². The summed E-state index contributed by atoms with van der Waals surface area (Å²) >= 11 is 6.15. The maximum Gasteiger partial charge on any atom is 0.161 e. The van der Waals surface area contributed by atoms with E-state index < -0.39 is 28.1 Å². The van der Waals surface area contributed by atoms with Gasteiger partial charge in [0.1, 0.15) is 11.6 Å². The molecular formula is C13H6Br2F4. The molecule has 0 aromatic heterocycles. The second kappa shape index (κ2) is 5.63. The Labute approximate surface area is 123 Å². The first-order valence-corrected chi connectivity index (χ1v) is 6.84. The van der Waals surface area contributed by atoms with Crippen molar-refractivity contribution >= 4 is 31.9 Å². The zero-order valence-electron chi connectivity index (χ0n) is 9.23. The number of rotatable bonds is 2. The Hall–Kier alpha value is -0.880. The van der Waals surface area contributed by atoms with Crippen LogP contribution < -0.4 is 0 Å². The molecule has 0 N–H and O–H groups in total. The van der Waals surface area contributed by atoms with Gasteiger partial charge in [-0.3, -0.25) is 0 Å². The molecule has 0 spiro atoms. The fourth-order valence-corrected chi connectivity index (χ4v) is 2.46. The van der Waals surface area contributed by atoms with Crippen LogP contribution in [0.3, 0.4) is 0 Å². The van der Waals surface area contributed by atoms with E-state index in [-0.39, 0.29) is 10.0 Å². The minimum Gasteiger partial charge on any atom is -0.207 e. The number of hydrogen-bond donors (Lipinski definition) is 0. The normalized spacial score (nSPS) is 12.5. The van der Waals surface area contributed by atoms with Gasteiger partial charge in [0, 0.05) is 11.6 Å². The molecule has 2 aromatic rings. The summed E-state index contributed by atoms with van der Waals surface area (Å²) in [4.78, 5) is -0.773. The van der Waals surface area contributed by atoms with Crippen molar-refractivity contribution in [2.24, 2.45) is 0 Å². The van der Waals surface area contributed by atoms with Crippen molar-refractivity contribution in [3.05, 3.63) is 69.2 Å². The molecular weight excluding hydrogens is 392 g/mol. The highest BCUT2D eigenvalue weighted by Crippen LogP contribution is 2.34. The Kier molecular flexibility index (Phi) is 4.30. The number of hydrogen-bond acceptors (Lipinski definition) is 0. The van der Waals surface area contributed by atoms with E-state index in [4.69, 9.17) is 0 Å². The van der Waals surface area contributed by atoms with Crippen LogP contribution in [-0.4, -0.2) is 0 Å². The van der Waals surface area contributed by atoms with Gasteiger partial charge >= 0.3 is 0 Å². The molecule has 0 aliphatic carbocycles. The van der Waals surface area contributed by atoms with Crippen LogP contribution >= 0.6 is 31.9 Å². The van der Waals surface area contributed by atoms with Gasteiger partial charge in [-0.25, -0.2) is 17.6 Å². The van der Waals surface area contributed by atoms with Gasteiger partial charge in [-0.2, -0.15) is 0 Å². The summed E-state index contributed by atoms with van der Waals surface area (Å²) < 4.78 is 53.3. The molecule has 0 heterocycles. The van der Waals surface area contributed by atoms with Gasteiger partial charge in [0.15, 0.2) is 11.6 Å². The number of halogens is 6. The molecule has 1 unspecified atom stereocenters. The average Bonchev–Trinajstić information content (AvgIpc) is 2.36. The lowest BCUT2D eigenvalue weighted by atomic mass is 10.0. The molecule has 0 aliphatic heterocycles. The Bertz CT molecular complexity index is 628. The van der Waals surface area contributed by atoms with E-state index in [0.29, 0.717) is 11.6 Å². The van der Waals surface area contributed by atoms with Crippen LogP contribution in [0.2, 0.25) is 0 Å². The van der Waals surface area contributed by atoms with Gasteiger partial charge < -0.3 is 0 Å². The standard InChI is InChI=1S/C13H6Br2F4/c14-8-2-1-6(3-10(8)17)13(15)7-4-11(18)12(19)5-9(7)16/h1-5,13H. The van der Waals surface area contributed by atoms with Crippen molar-refractivity contribution in [2.45, 2.75) is 4.83 Å². The first kappa shape index (κ1) is 14.5. The van der Waals surface area contributed by atoms with Gasteiger partial charge in [0.25, 0.3) is 0 Å². The van der Waals surface area contributed by atoms with Gasteiger partial charge in [0.2, 0.25) is 0 Å². The predicted molar refractivity (Wildman–Crippen MR) is 71.2 cm³/mol. The van der Waals surface area contributed by atoms with Crippen LogP contribution in [0.1, 0.15) is 16.0 Å². The van der Waals surface area contributed by atoms with Gasteiger partial charge in [-0.05, 0) is 39.7 Å². The summed E-state index contributed by atoms with van der Waals surface area (Å²) in [5, 5.41) is 0. The average molecular weight is 398 g/mol. The van der Waals surface area contributed by atoms with Crippen LogP contribution in [0.4, 0.5) is 17.6 Å². The lowest BCUT2D eigenvalue weighted by Crippen LogP contribution is -2.00. The zero-order chi connectivity index (χ0) is 14.2. The minimum atomic E-state index is -1.26. The summed E-state index contributed by atoms with van der Waals surface area (Å²) in [5.41, 5.74) is 0.297. The van der Waals surface area contributed by atoms with E-state index in [1.165, 1.54) is 12.1 Å². The monoisotopic (exact) mass is 396 g/mol. The van der Waals surface area contributed by atoms with E-state index in [2.05, 4.69) is 31.9 Å². The molecule has 6 heteroatoms. The molecule has 2 rings (SSSR count). The van der Waals surface area contributed by atoms with Crippen molar-refractivity contribution in [3.8, 4) is 0 Å². The Morgan fingerprint density at radius 3 is 2.05 bits per heavy atom. The molecule has 0 nitrogen and oxygen atoms in total. The van der Waals surface area contributed by atoms with E-state index >= 15 is 0 Å². The Morgan fingerprint density at radius 1 is 0.789 bits per heavy atom. The summed E-state index contributed by atoms with van der Waals surface area (Å²) in [6.45, 7) is 0. The van der Waals surface area contributed by atoms with Gasteiger partial charge in [-0.1, -0.05) is 22.0 Å². The second-order valence-corrected chi connectivity index (χ2v) is 5.59. The summed E-state index contributed by atoms with van der Waals surface area (Å²) in [6.07, 6.45) is 0. The molecule has 0 saturated heterocycles. The molecule has 0 aliphatic rings. The summed E-state index contributed by atoms with van der Waals surface area (Å²) in [5.74, 6) is -3.84. The third-order valence-corrected chi connectivity index (χ3v) is 4.21. The fraction of sp³-hybridized carbons (Fsp3) is 0.0769. The van der Waals surface area contributed by atoms with Crippen molar-refractivity contribution in [2.75, 3.05) is 0 Å². The van der Waals surface area contributed by atoms with E-state index in [1.807, 2.05) is 0 Å². The topological polar surface area (TPSA) is 0 Å². The SMILES string of the molecule is Fc1cc(F)c(C(Br)c2ccc(Br)c(F)c2)cc1F. The lowest BCUT2D eigenvalue weighted by molar-refractivity contribution is 0.491. The lowest BCUT2D eigenvalue weighted by Gasteiger charge is -2.12. The Balaban J connectivity index is 2.46. The van der Waals surface area contributed by atoms with Gasteiger partial charge in [0.05, 0.1) is 9.30 Å². The Morgan fingerprint density at radius 2 is 1.42 bits per heavy atom. The summed E-state index contributed by atoms with van der Waals surface area (Å²) in [7, 11) is 0. The van der Waals surface area contributed by atoms with Crippen molar-refractivity contribution in [1.29, 1.82) is 0 Å². The van der Waals surface area contributed by atoms with Crippen LogP contribution in [0.5, 0.6) is 0 Å². The van der Waals surface area contributed by atoms with E-state index in [1.54, 1.807) is 6.07 Å². The highest BCUT2D eigenvalue weighted by Gasteiger charge is 2.19. The molecule has 0 radical (unpaired) electrons. The smallest absolute Gasteiger partial charge is 0.161 e. The zero-order valence-corrected chi connectivity index (χ0v) is 12.4.